The number of carbonyl (C=O) groups is 1. The van der Waals surface area contributed by atoms with Gasteiger partial charge in [-0.15, -0.1) is 10.3 Å². The topological polar surface area (TPSA) is 60.4 Å². The van der Waals surface area contributed by atoms with E-state index in [1.165, 1.54) is 0 Å². The van der Waals surface area contributed by atoms with Gasteiger partial charge < -0.3 is 0 Å². The van der Waals surface area contributed by atoms with Crippen LogP contribution in [0.3, 0.4) is 0 Å². The molecule has 0 amide bonds. The molecule has 1 aliphatic rings. The van der Waals surface area contributed by atoms with Crippen LogP contribution in [0.5, 0.6) is 0 Å². The Morgan fingerprint density at radius 3 is 1.84 bits per heavy atom. The molecule has 150 valence electrons. The average Bonchev–Trinajstić information content (AvgIpc) is 3.11. The van der Waals surface area contributed by atoms with Gasteiger partial charge in [-0.1, -0.05) is 52.9 Å². The summed E-state index contributed by atoms with van der Waals surface area (Å²) in [7, 11) is -5.43. The summed E-state index contributed by atoms with van der Waals surface area (Å²) in [4.78, 5) is 12.8. The lowest BCUT2D eigenvalue weighted by molar-refractivity contribution is -0.120. The molecule has 25 heavy (non-hydrogen) atoms. The van der Waals surface area contributed by atoms with Gasteiger partial charge in [-0.3, -0.25) is 4.79 Å². The molecule has 4 nitrogen and oxygen atoms in total. The molecule has 1 rings (SSSR count). The van der Waals surface area contributed by atoms with Crippen LogP contribution in [0, 0.1) is 5.92 Å². The van der Waals surface area contributed by atoms with Gasteiger partial charge in [-0.25, -0.2) is 3.63 Å². The molecule has 1 fully saturated rings. The van der Waals surface area contributed by atoms with Crippen LogP contribution in [0.1, 0.15) is 85.0 Å². The van der Waals surface area contributed by atoms with Crippen LogP contribution in [0.4, 0.5) is 0 Å². The van der Waals surface area contributed by atoms with Crippen molar-refractivity contribution >= 4 is 26.2 Å². The highest BCUT2D eigenvalue weighted by Gasteiger charge is 2.35. The number of hydrogen-bond donors (Lipinski definition) is 0. The fourth-order valence-electron chi connectivity index (χ4n) is 3.35. The van der Waals surface area contributed by atoms with E-state index in [9.17, 15) is 13.2 Å². The Balaban J connectivity index is 2.95. The predicted octanol–water partition coefficient (Wildman–Crippen LogP) is 5.21. The van der Waals surface area contributed by atoms with Gasteiger partial charge in [0, 0.05) is 17.4 Å². The number of Topliss-reactive ketones (excluding diaryl/α,β-unsaturated/α-hetero) is 1. The second kappa shape index (κ2) is 11.6. The first-order chi connectivity index (χ1) is 11.9. The fraction of sp³-hybridized carbons (Fsp3) is 0.947. The second-order valence-electron chi connectivity index (χ2n) is 7.36. The standard InChI is InChI=1S/C19H38O4S2/c1-4-7-14-24(15-8-5-2,23-25(21,22)16-9-6-3)17-19(20)18-12-10-11-13-18/h18H,4-17H2,1-3H3. The van der Waals surface area contributed by atoms with Crippen molar-refractivity contribution < 1.29 is 16.8 Å². The third-order valence-electron chi connectivity index (χ3n) is 4.95. The van der Waals surface area contributed by atoms with Gasteiger partial charge in [0.05, 0.1) is 11.5 Å². The monoisotopic (exact) mass is 394 g/mol. The highest BCUT2D eigenvalue weighted by atomic mass is 32.3. The molecule has 0 spiro atoms. The largest absolute Gasteiger partial charge is 0.298 e. The average molecular weight is 395 g/mol. The quantitative estimate of drug-likeness (QED) is 0.406. The van der Waals surface area contributed by atoms with Gasteiger partial charge in [-0.2, -0.15) is 8.42 Å². The van der Waals surface area contributed by atoms with E-state index in [1.807, 2.05) is 6.92 Å². The summed E-state index contributed by atoms with van der Waals surface area (Å²) < 4.78 is 30.9. The normalized spacial score (nSPS) is 17.1. The molecule has 1 aliphatic carbocycles. The van der Waals surface area contributed by atoms with Gasteiger partial charge >= 0.3 is 0 Å². The van der Waals surface area contributed by atoms with Crippen molar-refractivity contribution in [1.29, 1.82) is 0 Å². The summed E-state index contributed by atoms with van der Waals surface area (Å²) in [5, 5.41) is 0. The molecular formula is C19H38O4S2. The van der Waals surface area contributed by atoms with E-state index >= 15 is 0 Å². The summed E-state index contributed by atoms with van der Waals surface area (Å²) >= 11 is 0. The Morgan fingerprint density at radius 2 is 1.36 bits per heavy atom. The molecule has 0 heterocycles. The molecule has 0 bridgehead atoms. The lowest BCUT2D eigenvalue weighted by Crippen LogP contribution is -2.28. The van der Waals surface area contributed by atoms with E-state index in [2.05, 4.69) is 13.8 Å². The zero-order chi connectivity index (χ0) is 18.8. The zero-order valence-electron chi connectivity index (χ0n) is 16.4. The SMILES string of the molecule is CCCCS(CCCC)(CC(=O)C1CCCC1)OS(=O)(=O)CCCC. The maximum absolute atomic E-state index is 12.8. The molecule has 0 aromatic rings. The number of hydrogen-bond acceptors (Lipinski definition) is 4. The Morgan fingerprint density at radius 1 is 0.880 bits per heavy atom. The Bertz CT molecular complexity index is 474. The molecule has 0 atom stereocenters. The molecule has 0 aliphatic heterocycles. The van der Waals surface area contributed by atoms with Crippen molar-refractivity contribution in [3.05, 3.63) is 0 Å². The van der Waals surface area contributed by atoms with Crippen LogP contribution >= 0.6 is 10.3 Å². The molecule has 0 N–H and O–H groups in total. The van der Waals surface area contributed by atoms with E-state index < -0.39 is 20.4 Å². The maximum atomic E-state index is 12.8. The van der Waals surface area contributed by atoms with Crippen molar-refractivity contribution in [2.24, 2.45) is 5.92 Å². The van der Waals surface area contributed by atoms with Gasteiger partial charge in [-0.05, 0) is 32.1 Å². The third-order valence-corrected chi connectivity index (χ3v) is 10.6. The third kappa shape index (κ3) is 8.44. The van der Waals surface area contributed by atoms with E-state index in [-0.39, 0.29) is 17.5 Å². The minimum Gasteiger partial charge on any atom is -0.298 e. The smallest absolute Gasteiger partial charge is 0.276 e. The first kappa shape index (κ1) is 23.0. The Hall–Kier alpha value is -0.0700. The highest BCUT2D eigenvalue weighted by Crippen LogP contribution is 2.53. The van der Waals surface area contributed by atoms with Crippen molar-refractivity contribution in [3.63, 3.8) is 0 Å². The summed E-state index contributed by atoms with van der Waals surface area (Å²) in [6.45, 7) is 6.19. The predicted molar refractivity (Wildman–Crippen MR) is 109 cm³/mol. The van der Waals surface area contributed by atoms with Crippen LogP contribution in [0.15, 0.2) is 0 Å². The number of ketones is 1. The lowest BCUT2D eigenvalue weighted by Gasteiger charge is -2.38. The summed E-state index contributed by atoms with van der Waals surface area (Å²) in [5.41, 5.74) is 0. The van der Waals surface area contributed by atoms with E-state index in [4.69, 9.17) is 3.63 Å². The van der Waals surface area contributed by atoms with Crippen LogP contribution in [0.25, 0.3) is 0 Å². The van der Waals surface area contributed by atoms with Gasteiger partial charge in [0.15, 0.2) is 0 Å². The van der Waals surface area contributed by atoms with Crippen molar-refractivity contribution in [1.82, 2.24) is 0 Å². The van der Waals surface area contributed by atoms with Crippen molar-refractivity contribution in [2.75, 3.05) is 23.0 Å². The molecule has 0 saturated heterocycles. The first-order valence-corrected chi connectivity index (χ1v) is 13.7. The molecule has 0 aromatic heterocycles. The van der Waals surface area contributed by atoms with Crippen LogP contribution in [-0.4, -0.2) is 37.2 Å². The summed E-state index contributed by atoms with van der Waals surface area (Å²) in [6, 6.07) is 0. The number of carbonyl (C=O) groups excluding carboxylic acids is 1. The molecule has 1 saturated carbocycles. The van der Waals surface area contributed by atoms with E-state index in [0.717, 1.165) is 69.3 Å². The minimum absolute atomic E-state index is 0.0775. The Labute approximate surface area is 157 Å². The highest BCUT2D eigenvalue weighted by molar-refractivity contribution is 8.33. The molecular weight excluding hydrogens is 356 g/mol. The fourth-order valence-corrected chi connectivity index (χ4v) is 9.64. The maximum Gasteiger partial charge on any atom is 0.276 e. The van der Waals surface area contributed by atoms with Gasteiger partial charge in [0.25, 0.3) is 10.1 Å². The lowest BCUT2D eigenvalue weighted by atomic mass is 10.0. The first-order valence-electron chi connectivity index (χ1n) is 10.1. The zero-order valence-corrected chi connectivity index (χ0v) is 18.1. The Kier molecular flexibility index (Phi) is 10.7. The molecule has 0 radical (unpaired) electrons. The minimum atomic E-state index is -3.55. The second-order valence-corrected chi connectivity index (χ2v) is 12.5. The summed E-state index contributed by atoms with van der Waals surface area (Å²) in [5.74, 6) is 2.31. The van der Waals surface area contributed by atoms with Gasteiger partial charge in [0.1, 0.15) is 5.78 Å². The van der Waals surface area contributed by atoms with Crippen molar-refractivity contribution in [2.45, 2.75) is 85.0 Å². The molecule has 0 unspecified atom stereocenters. The molecule has 0 aromatic carbocycles. The van der Waals surface area contributed by atoms with Crippen LogP contribution in [-0.2, 0) is 18.5 Å². The van der Waals surface area contributed by atoms with E-state index in [1.54, 1.807) is 0 Å². The van der Waals surface area contributed by atoms with Crippen LogP contribution in [0.2, 0.25) is 0 Å². The van der Waals surface area contributed by atoms with Crippen molar-refractivity contribution in [3.8, 4) is 0 Å². The number of unbranched alkanes of at least 4 members (excludes halogenated alkanes) is 3. The van der Waals surface area contributed by atoms with Gasteiger partial charge in [0.2, 0.25) is 0 Å². The molecule has 6 heteroatoms. The summed E-state index contributed by atoms with van der Waals surface area (Å²) in [6.07, 6.45) is 9.49. The van der Waals surface area contributed by atoms with Crippen LogP contribution < -0.4 is 0 Å². The number of rotatable bonds is 14. The van der Waals surface area contributed by atoms with E-state index in [0.29, 0.717) is 12.2 Å².